The average Bonchev–Trinajstić information content (AvgIpc) is 3.13. The Bertz CT molecular complexity index is 599. The van der Waals surface area contributed by atoms with E-state index in [4.69, 9.17) is 0 Å². The van der Waals surface area contributed by atoms with E-state index in [2.05, 4.69) is 44.1 Å². The number of hydrogen-bond donors (Lipinski definition) is 2. The number of tetrazole rings is 1. The molecule has 1 aromatic carbocycles. The number of hydrogen-bond acceptors (Lipinski definition) is 5. The van der Waals surface area contributed by atoms with Gasteiger partial charge in [-0.2, -0.15) is 5.21 Å². The standard InChI is InChI=1S/C13H15N5OS/c19-13(14-7-12-15-17-18-16-12)8-20-11-5-4-9-2-1-3-10(9)6-11/h4-6H,1-3,7-8H2,(H,14,19)(H,15,16,17,18). The molecule has 1 aliphatic rings. The van der Waals surface area contributed by atoms with Crippen molar-refractivity contribution in [1.82, 2.24) is 25.9 Å². The van der Waals surface area contributed by atoms with E-state index >= 15 is 0 Å². The van der Waals surface area contributed by atoms with Crippen LogP contribution in [0, 0.1) is 0 Å². The fourth-order valence-electron chi connectivity index (χ4n) is 2.27. The van der Waals surface area contributed by atoms with Crippen molar-refractivity contribution in [3.05, 3.63) is 35.2 Å². The fraction of sp³-hybridized carbons (Fsp3) is 0.385. The van der Waals surface area contributed by atoms with E-state index < -0.39 is 0 Å². The number of aryl methyl sites for hydroxylation is 2. The molecule has 1 heterocycles. The molecule has 0 unspecified atom stereocenters. The molecular weight excluding hydrogens is 274 g/mol. The fourth-order valence-corrected chi connectivity index (χ4v) is 3.06. The summed E-state index contributed by atoms with van der Waals surface area (Å²) in [7, 11) is 0. The topological polar surface area (TPSA) is 83.6 Å². The summed E-state index contributed by atoms with van der Waals surface area (Å²) in [5, 5.41) is 16.1. The lowest BCUT2D eigenvalue weighted by Gasteiger charge is -2.05. The Kier molecular flexibility index (Phi) is 3.96. The van der Waals surface area contributed by atoms with Crippen LogP contribution in [0.15, 0.2) is 23.1 Å². The highest BCUT2D eigenvalue weighted by atomic mass is 32.2. The van der Waals surface area contributed by atoms with Gasteiger partial charge in [0.25, 0.3) is 0 Å². The van der Waals surface area contributed by atoms with E-state index in [-0.39, 0.29) is 5.91 Å². The number of thioether (sulfide) groups is 1. The number of H-pyrrole nitrogens is 1. The summed E-state index contributed by atoms with van der Waals surface area (Å²) in [6.07, 6.45) is 3.59. The first-order chi connectivity index (χ1) is 9.81. The first-order valence-electron chi connectivity index (χ1n) is 6.55. The third-order valence-corrected chi connectivity index (χ3v) is 4.27. The zero-order valence-electron chi connectivity index (χ0n) is 10.9. The van der Waals surface area contributed by atoms with Crippen LogP contribution in [0.2, 0.25) is 0 Å². The molecule has 7 heteroatoms. The molecule has 3 rings (SSSR count). The van der Waals surface area contributed by atoms with Gasteiger partial charge in [0.05, 0.1) is 12.3 Å². The minimum atomic E-state index is -0.0275. The molecule has 2 N–H and O–H groups in total. The predicted molar refractivity (Wildman–Crippen MR) is 75.2 cm³/mol. The van der Waals surface area contributed by atoms with Gasteiger partial charge in [0.15, 0.2) is 5.82 Å². The van der Waals surface area contributed by atoms with Crippen molar-refractivity contribution in [2.75, 3.05) is 5.75 Å². The van der Waals surface area contributed by atoms with E-state index in [0.717, 1.165) is 11.3 Å². The molecule has 104 valence electrons. The van der Waals surface area contributed by atoms with Crippen LogP contribution in [-0.2, 0) is 24.2 Å². The third kappa shape index (κ3) is 3.16. The summed E-state index contributed by atoms with van der Waals surface area (Å²) < 4.78 is 0. The van der Waals surface area contributed by atoms with Crippen molar-refractivity contribution < 1.29 is 4.79 Å². The molecule has 0 fully saturated rings. The van der Waals surface area contributed by atoms with Gasteiger partial charge in [0.1, 0.15) is 0 Å². The minimum Gasteiger partial charge on any atom is -0.348 e. The maximum absolute atomic E-state index is 11.7. The Hall–Kier alpha value is -1.89. The second-order valence-electron chi connectivity index (χ2n) is 4.68. The first kappa shape index (κ1) is 13.1. The average molecular weight is 289 g/mol. The van der Waals surface area contributed by atoms with E-state index in [9.17, 15) is 4.79 Å². The molecule has 0 atom stereocenters. The van der Waals surface area contributed by atoms with Crippen molar-refractivity contribution in [3.8, 4) is 0 Å². The summed E-state index contributed by atoms with van der Waals surface area (Å²) in [5.41, 5.74) is 2.89. The molecule has 0 bridgehead atoms. The van der Waals surface area contributed by atoms with Gasteiger partial charge >= 0.3 is 0 Å². The molecule has 6 nitrogen and oxygen atoms in total. The summed E-state index contributed by atoms with van der Waals surface area (Å²) >= 11 is 1.56. The molecule has 0 saturated heterocycles. The van der Waals surface area contributed by atoms with Crippen molar-refractivity contribution >= 4 is 17.7 Å². The zero-order chi connectivity index (χ0) is 13.8. The minimum absolute atomic E-state index is 0.0275. The highest BCUT2D eigenvalue weighted by Crippen LogP contribution is 2.27. The summed E-state index contributed by atoms with van der Waals surface area (Å²) in [5.74, 6) is 0.859. The Morgan fingerprint density at radius 3 is 3.10 bits per heavy atom. The van der Waals surface area contributed by atoms with E-state index in [1.807, 2.05) is 0 Å². The van der Waals surface area contributed by atoms with Crippen molar-refractivity contribution in [1.29, 1.82) is 0 Å². The molecule has 1 aliphatic carbocycles. The predicted octanol–water partition coefficient (Wildman–Crippen LogP) is 1.10. The van der Waals surface area contributed by atoms with Crippen molar-refractivity contribution in [3.63, 3.8) is 0 Å². The Labute approximate surface area is 120 Å². The number of amides is 1. The van der Waals surface area contributed by atoms with Gasteiger partial charge in [-0.3, -0.25) is 4.79 Å². The number of nitrogens with one attached hydrogen (secondary N) is 2. The van der Waals surface area contributed by atoms with Crippen LogP contribution in [-0.4, -0.2) is 32.3 Å². The van der Waals surface area contributed by atoms with Crippen molar-refractivity contribution in [2.24, 2.45) is 0 Å². The van der Waals surface area contributed by atoms with E-state index in [1.165, 1.54) is 24.0 Å². The maximum atomic E-state index is 11.7. The van der Waals surface area contributed by atoms with Crippen molar-refractivity contribution in [2.45, 2.75) is 30.7 Å². The maximum Gasteiger partial charge on any atom is 0.230 e. The van der Waals surface area contributed by atoms with Crippen LogP contribution in [0.1, 0.15) is 23.4 Å². The molecule has 20 heavy (non-hydrogen) atoms. The van der Waals surface area contributed by atoms with Gasteiger partial charge in [-0.1, -0.05) is 11.3 Å². The van der Waals surface area contributed by atoms with E-state index in [1.54, 1.807) is 11.8 Å². The number of fused-ring (bicyclic) bond motifs is 1. The molecule has 1 aromatic heterocycles. The van der Waals surface area contributed by atoms with Gasteiger partial charge in [-0.15, -0.1) is 22.0 Å². The summed E-state index contributed by atoms with van der Waals surface area (Å²) in [6.45, 7) is 0.306. The third-order valence-electron chi connectivity index (χ3n) is 3.27. The van der Waals surface area contributed by atoms with Gasteiger partial charge in [0, 0.05) is 4.90 Å². The molecule has 0 radical (unpaired) electrons. The number of benzene rings is 1. The number of carbonyl (C=O) groups excluding carboxylic acids is 1. The molecule has 0 spiro atoms. The van der Waals surface area contributed by atoms with E-state index in [0.29, 0.717) is 18.1 Å². The van der Waals surface area contributed by atoms with Crippen LogP contribution in [0.25, 0.3) is 0 Å². The molecule has 2 aromatic rings. The Morgan fingerprint density at radius 2 is 2.25 bits per heavy atom. The second kappa shape index (κ2) is 6.04. The van der Waals surface area contributed by atoms with Gasteiger partial charge < -0.3 is 5.32 Å². The molecule has 0 saturated carbocycles. The lowest BCUT2D eigenvalue weighted by Crippen LogP contribution is -2.25. The SMILES string of the molecule is O=C(CSc1ccc2c(c1)CCC2)NCc1nn[nH]n1. The highest BCUT2D eigenvalue weighted by Gasteiger charge is 2.11. The largest absolute Gasteiger partial charge is 0.348 e. The normalized spacial score (nSPS) is 13.2. The van der Waals surface area contributed by atoms with Crippen LogP contribution < -0.4 is 5.32 Å². The lowest BCUT2D eigenvalue weighted by atomic mass is 10.1. The monoisotopic (exact) mass is 289 g/mol. The van der Waals surface area contributed by atoms with Crippen LogP contribution in [0.5, 0.6) is 0 Å². The van der Waals surface area contributed by atoms with Gasteiger partial charge in [-0.25, -0.2) is 0 Å². The molecule has 0 aliphatic heterocycles. The second-order valence-corrected chi connectivity index (χ2v) is 5.73. The Morgan fingerprint density at radius 1 is 1.35 bits per heavy atom. The number of rotatable bonds is 5. The number of aromatic amines is 1. The smallest absolute Gasteiger partial charge is 0.230 e. The number of aromatic nitrogens is 4. The number of nitrogens with zero attached hydrogens (tertiary/aromatic N) is 3. The van der Waals surface area contributed by atoms with Gasteiger partial charge in [-0.05, 0) is 42.5 Å². The molecule has 1 amide bonds. The summed E-state index contributed by atoms with van der Waals surface area (Å²) in [4.78, 5) is 12.9. The van der Waals surface area contributed by atoms with Crippen LogP contribution >= 0.6 is 11.8 Å². The van der Waals surface area contributed by atoms with Crippen LogP contribution in [0.3, 0.4) is 0 Å². The highest BCUT2D eigenvalue weighted by molar-refractivity contribution is 8.00. The number of carbonyl (C=O) groups is 1. The van der Waals surface area contributed by atoms with Crippen LogP contribution in [0.4, 0.5) is 0 Å². The molecular formula is C13H15N5OS. The quantitative estimate of drug-likeness (QED) is 0.805. The lowest BCUT2D eigenvalue weighted by molar-refractivity contribution is -0.118. The Balaban J connectivity index is 1.48. The summed E-state index contributed by atoms with van der Waals surface area (Å²) in [6, 6.07) is 6.49. The zero-order valence-corrected chi connectivity index (χ0v) is 11.7. The first-order valence-corrected chi connectivity index (χ1v) is 7.53. The van der Waals surface area contributed by atoms with Gasteiger partial charge in [0.2, 0.25) is 5.91 Å².